The van der Waals surface area contributed by atoms with Gasteiger partial charge in [0.2, 0.25) is 0 Å². The number of hydrogen-bond donors (Lipinski definition) is 0. The highest BCUT2D eigenvalue weighted by Gasteiger charge is 2.03. The van der Waals surface area contributed by atoms with Crippen molar-refractivity contribution in [1.29, 1.82) is 0 Å². The molecule has 0 aliphatic rings. The number of aryl methyl sites for hydroxylation is 2. The maximum Gasteiger partial charge on any atom is 0.0210 e. The van der Waals surface area contributed by atoms with Gasteiger partial charge in [0, 0.05) is 8.95 Å². The summed E-state index contributed by atoms with van der Waals surface area (Å²) in [6, 6.07) is 4.39. The third-order valence-electron chi connectivity index (χ3n) is 1.98. The van der Waals surface area contributed by atoms with E-state index in [9.17, 15) is 0 Å². The quantitative estimate of drug-likeness (QED) is 0.760. The maximum absolute atomic E-state index is 3.56. The molecule has 0 aliphatic heterocycles. The number of rotatable bonds is 2. The standard InChI is InChI=1S/C10H12Br2/c1-3-7-5-10(12)8(4-2)6-9(7)11/h5-6H,3-4H2,1-2H3. The van der Waals surface area contributed by atoms with Crippen LogP contribution in [0.15, 0.2) is 21.1 Å². The number of hydrogen-bond acceptors (Lipinski definition) is 0. The molecule has 0 aliphatic carbocycles. The molecule has 12 heavy (non-hydrogen) atoms. The van der Waals surface area contributed by atoms with Gasteiger partial charge in [-0.3, -0.25) is 0 Å². The highest BCUT2D eigenvalue weighted by molar-refractivity contribution is 9.11. The zero-order valence-corrected chi connectivity index (χ0v) is 10.5. The summed E-state index contributed by atoms with van der Waals surface area (Å²) in [4.78, 5) is 0. The van der Waals surface area contributed by atoms with Gasteiger partial charge < -0.3 is 0 Å². The summed E-state index contributed by atoms with van der Waals surface area (Å²) in [5, 5.41) is 0. The van der Waals surface area contributed by atoms with Crippen LogP contribution in [0.5, 0.6) is 0 Å². The van der Waals surface area contributed by atoms with Crippen molar-refractivity contribution in [2.24, 2.45) is 0 Å². The Kier molecular flexibility index (Phi) is 3.78. The Morgan fingerprint density at radius 3 is 1.50 bits per heavy atom. The second-order valence-electron chi connectivity index (χ2n) is 2.74. The molecule has 1 aromatic carbocycles. The van der Waals surface area contributed by atoms with Gasteiger partial charge in [0.05, 0.1) is 0 Å². The van der Waals surface area contributed by atoms with Crippen LogP contribution in [0.4, 0.5) is 0 Å². The summed E-state index contributed by atoms with van der Waals surface area (Å²) in [7, 11) is 0. The zero-order valence-electron chi connectivity index (χ0n) is 7.32. The third kappa shape index (κ3) is 2.11. The van der Waals surface area contributed by atoms with Gasteiger partial charge in [-0.05, 0) is 36.1 Å². The van der Waals surface area contributed by atoms with Crippen molar-refractivity contribution in [1.82, 2.24) is 0 Å². The SMILES string of the molecule is CCc1cc(Br)c(CC)cc1Br. The minimum atomic E-state index is 1.07. The van der Waals surface area contributed by atoms with Gasteiger partial charge in [0.1, 0.15) is 0 Å². The molecule has 0 saturated carbocycles. The van der Waals surface area contributed by atoms with Crippen LogP contribution >= 0.6 is 31.9 Å². The first-order valence-corrected chi connectivity index (χ1v) is 5.74. The van der Waals surface area contributed by atoms with Crippen LogP contribution in [0.2, 0.25) is 0 Å². The van der Waals surface area contributed by atoms with E-state index >= 15 is 0 Å². The number of halogens is 2. The van der Waals surface area contributed by atoms with E-state index < -0.39 is 0 Å². The first kappa shape index (κ1) is 10.3. The average molecular weight is 292 g/mol. The van der Waals surface area contributed by atoms with Crippen LogP contribution < -0.4 is 0 Å². The van der Waals surface area contributed by atoms with Crippen LogP contribution in [0.3, 0.4) is 0 Å². The molecule has 0 amide bonds. The summed E-state index contributed by atoms with van der Waals surface area (Å²) < 4.78 is 2.45. The van der Waals surface area contributed by atoms with Crippen LogP contribution in [0, 0.1) is 0 Å². The predicted octanol–water partition coefficient (Wildman–Crippen LogP) is 4.34. The molecule has 66 valence electrons. The lowest BCUT2D eigenvalue weighted by molar-refractivity contribution is 1.08. The number of benzene rings is 1. The molecule has 0 radical (unpaired) electrons. The summed E-state index contributed by atoms with van der Waals surface area (Å²) in [6.07, 6.45) is 2.15. The predicted molar refractivity (Wildman–Crippen MR) is 60.6 cm³/mol. The Morgan fingerprint density at radius 1 is 0.917 bits per heavy atom. The van der Waals surface area contributed by atoms with E-state index in [1.54, 1.807) is 0 Å². The molecule has 0 heterocycles. The van der Waals surface area contributed by atoms with E-state index in [-0.39, 0.29) is 0 Å². The van der Waals surface area contributed by atoms with Gasteiger partial charge >= 0.3 is 0 Å². The largest absolute Gasteiger partial charge is 0.0613 e. The van der Waals surface area contributed by atoms with E-state index in [1.165, 1.54) is 20.1 Å². The van der Waals surface area contributed by atoms with E-state index in [0.717, 1.165) is 12.8 Å². The van der Waals surface area contributed by atoms with Crippen molar-refractivity contribution in [2.45, 2.75) is 26.7 Å². The van der Waals surface area contributed by atoms with Crippen molar-refractivity contribution < 1.29 is 0 Å². The monoisotopic (exact) mass is 290 g/mol. The molecule has 0 bridgehead atoms. The molecule has 1 aromatic rings. The normalized spacial score (nSPS) is 10.3. The lowest BCUT2D eigenvalue weighted by Gasteiger charge is -2.06. The van der Waals surface area contributed by atoms with Crippen LogP contribution in [-0.2, 0) is 12.8 Å². The van der Waals surface area contributed by atoms with Crippen molar-refractivity contribution in [3.8, 4) is 0 Å². The summed E-state index contributed by atoms with van der Waals surface area (Å²) in [6.45, 7) is 4.33. The fourth-order valence-corrected chi connectivity index (χ4v) is 2.51. The highest BCUT2D eigenvalue weighted by atomic mass is 79.9. The van der Waals surface area contributed by atoms with Gasteiger partial charge in [-0.15, -0.1) is 0 Å². The fourth-order valence-electron chi connectivity index (χ4n) is 1.17. The molecule has 0 fully saturated rings. The molecule has 0 unspecified atom stereocenters. The Labute approximate surface area is 90.6 Å². The fraction of sp³-hybridized carbons (Fsp3) is 0.400. The van der Waals surface area contributed by atoms with Crippen LogP contribution in [0.1, 0.15) is 25.0 Å². The molecule has 2 heteroatoms. The van der Waals surface area contributed by atoms with Crippen molar-refractivity contribution in [3.63, 3.8) is 0 Å². The molecule has 0 aromatic heterocycles. The Bertz CT molecular complexity index is 250. The first-order chi connectivity index (χ1) is 5.69. The molecule has 0 spiro atoms. The van der Waals surface area contributed by atoms with Gasteiger partial charge in [0.25, 0.3) is 0 Å². The Balaban J connectivity index is 3.16. The smallest absolute Gasteiger partial charge is 0.0210 e. The van der Waals surface area contributed by atoms with Gasteiger partial charge in [-0.1, -0.05) is 45.7 Å². The highest BCUT2D eigenvalue weighted by Crippen LogP contribution is 2.26. The summed E-state index contributed by atoms with van der Waals surface area (Å²) >= 11 is 7.12. The third-order valence-corrected chi connectivity index (χ3v) is 3.45. The van der Waals surface area contributed by atoms with Crippen LogP contribution in [-0.4, -0.2) is 0 Å². The van der Waals surface area contributed by atoms with Crippen LogP contribution in [0.25, 0.3) is 0 Å². The van der Waals surface area contributed by atoms with Crippen molar-refractivity contribution in [2.75, 3.05) is 0 Å². The van der Waals surface area contributed by atoms with Crippen molar-refractivity contribution >= 4 is 31.9 Å². The molecular weight excluding hydrogens is 280 g/mol. The van der Waals surface area contributed by atoms with E-state index in [4.69, 9.17) is 0 Å². The second-order valence-corrected chi connectivity index (χ2v) is 4.45. The lowest BCUT2D eigenvalue weighted by Crippen LogP contribution is -1.88. The minimum absolute atomic E-state index is 1.07. The van der Waals surface area contributed by atoms with E-state index in [1.807, 2.05) is 0 Å². The average Bonchev–Trinajstić information content (AvgIpc) is 2.08. The lowest BCUT2D eigenvalue weighted by atomic mass is 10.1. The molecule has 0 N–H and O–H groups in total. The summed E-state index contributed by atoms with van der Waals surface area (Å²) in [5.74, 6) is 0. The Hall–Kier alpha value is 0.180. The van der Waals surface area contributed by atoms with Gasteiger partial charge in [0.15, 0.2) is 0 Å². The molecule has 1 rings (SSSR count). The van der Waals surface area contributed by atoms with E-state index in [0.29, 0.717) is 0 Å². The van der Waals surface area contributed by atoms with Gasteiger partial charge in [-0.25, -0.2) is 0 Å². The van der Waals surface area contributed by atoms with Gasteiger partial charge in [-0.2, -0.15) is 0 Å². The second kappa shape index (κ2) is 4.43. The topological polar surface area (TPSA) is 0 Å². The Morgan fingerprint density at radius 2 is 1.25 bits per heavy atom. The molecule has 0 saturated heterocycles. The molecular formula is C10H12Br2. The van der Waals surface area contributed by atoms with E-state index in [2.05, 4.69) is 57.8 Å². The molecule has 0 atom stereocenters. The zero-order chi connectivity index (χ0) is 9.14. The maximum atomic E-state index is 3.56. The first-order valence-electron chi connectivity index (χ1n) is 4.15. The van der Waals surface area contributed by atoms with Crippen molar-refractivity contribution in [3.05, 3.63) is 32.2 Å². The summed E-state index contributed by atoms with van der Waals surface area (Å²) in [5.41, 5.74) is 2.72. The molecule has 0 nitrogen and oxygen atoms in total. The minimum Gasteiger partial charge on any atom is -0.0613 e.